The predicted molar refractivity (Wildman–Crippen MR) is 81.1 cm³/mol. The molecule has 5 heteroatoms. The molecule has 0 aliphatic carbocycles. The molecule has 0 saturated carbocycles. The fraction of sp³-hybridized carbons (Fsp3) is 0.692. The van der Waals surface area contributed by atoms with Crippen LogP contribution in [0.5, 0.6) is 0 Å². The van der Waals surface area contributed by atoms with Gasteiger partial charge in [0.05, 0.1) is 5.25 Å². The van der Waals surface area contributed by atoms with Crippen molar-refractivity contribution in [2.24, 2.45) is 0 Å². The Morgan fingerprint density at radius 3 is 2.67 bits per heavy atom. The number of rotatable bonds is 5. The zero-order chi connectivity index (χ0) is 12.8. The number of nitrogens with zero attached hydrogens (tertiary/aromatic N) is 2. The molecule has 1 saturated heterocycles. The van der Waals surface area contributed by atoms with E-state index in [0.717, 1.165) is 25.3 Å². The van der Waals surface area contributed by atoms with Gasteiger partial charge in [-0.3, -0.25) is 0 Å². The van der Waals surface area contributed by atoms with Gasteiger partial charge in [0.2, 0.25) is 0 Å². The summed E-state index contributed by atoms with van der Waals surface area (Å²) in [6.45, 7) is 6.37. The molecule has 1 aromatic heterocycles. The molecule has 1 aromatic rings. The molecule has 2 rings (SSSR count). The molecule has 1 aliphatic heterocycles. The highest BCUT2D eigenvalue weighted by atomic mass is 32.2. The van der Waals surface area contributed by atoms with E-state index in [1.54, 1.807) is 0 Å². The lowest BCUT2D eigenvalue weighted by atomic mass is 10.3. The second-order valence-corrected chi connectivity index (χ2v) is 7.23. The van der Waals surface area contributed by atoms with Crippen molar-refractivity contribution in [1.82, 2.24) is 15.3 Å². The third kappa shape index (κ3) is 3.87. The van der Waals surface area contributed by atoms with Crippen LogP contribution in [0.4, 0.5) is 0 Å². The molecule has 0 radical (unpaired) electrons. The lowest BCUT2D eigenvalue weighted by molar-refractivity contribution is 0.669. The third-order valence-corrected chi connectivity index (χ3v) is 6.01. The van der Waals surface area contributed by atoms with Crippen molar-refractivity contribution in [2.75, 3.05) is 18.1 Å². The Kier molecular flexibility index (Phi) is 5.79. The highest BCUT2D eigenvalue weighted by molar-refractivity contribution is 8.06. The average molecular weight is 283 g/mol. The summed E-state index contributed by atoms with van der Waals surface area (Å²) in [6.07, 6.45) is 5.10. The minimum Gasteiger partial charge on any atom is -0.313 e. The molecule has 18 heavy (non-hydrogen) atoms. The summed E-state index contributed by atoms with van der Waals surface area (Å²) in [6, 6.07) is 0. The first-order valence-corrected chi connectivity index (χ1v) is 8.65. The van der Waals surface area contributed by atoms with Crippen molar-refractivity contribution in [3.05, 3.63) is 23.8 Å². The minimum absolute atomic E-state index is 0.460. The summed E-state index contributed by atoms with van der Waals surface area (Å²) in [7, 11) is 0. The molecule has 1 N–H and O–H groups in total. The van der Waals surface area contributed by atoms with Gasteiger partial charge in [0, 0.05) is 41.3 Å². The number of aromatic nitrogens is 2. The van der Waals surface area contributed by atoms with Gasteiger partial charge in [-0.25, -0.2) is 9.97 Å². The van der Waals surface area contributed by atoms with Gasteiger partial charge in [-0.15, -0.1) is 11.8 Å². The molecule has 2 atom stereocenters. The van der Waals surface area contributed by atoms with Crippen molar-refractivity contribution in [3.8, 4) is 0 Å². The van der Waals surface area contributed by atoms with E-state index >= 15 is 0 Å². The van der Waals surface area contributed by atoms with Crippen molar-refractivity contribution in [2.45, 2.75) is 37.3 Å². The van der Waals surface area contributed by atoms with E-state index in [2.05, 4.69) is 29.1 Å². The Morgan fingerprint density at radius 1 is 1.28 bits per heavy atom. The Balaban J connectivity index is 1.94. The Labute approximate surface area is 118 Å². The molecule has 0 bridgehead atoms. The first-order chi connectivity index (χ1) is 8.81. The largest absolute Gasteiger partial charge is 0.313 e. The van der Waals surface area contributed by atoms with Crippen LogP contribution in [-0.2, 0) is 6.54 Å². The van der Waals surface area contributed by atoms with Crippen molar-refractivity contribution in [3.63, 3.8) is 0 Å². The molecule has 1 aliphatic rings. The smallest absolute Gasteiger partial charge is 0.142 e. The van der Waals surface area contributed by atoms with E-state index in [4.69, 9.17) is 0 Å². The lowest BCUT2D eigenvalue weighted by Gasteiger charge is -2.26. The van der Waals surface area contributed by atoms with Crippen LogP contribution in [0.1, 0.15) is 36.9 Å². The number of thioether (sulfide) groups is 2. The van der Waals surface area contributed by atoms with Crippen LogP contribution in [0.15, 0.2) is 12.4 Å². The van der Waals surface area contributed by atoms with Gasteiger partial charge in [-0.05, 0) is 13.0 Å². The summed E-state index contributed by atoms with van der Waals surface area (Å²) in [4.78, 5) is 9.09. The van der Waals surface area contributed by atoms with E-state index in [1.807, 2.05) is 35.9 Å². The molecular weight excluding hydrogens is 262 g/mol. The van der Waals surface area contributed by atoms with Crippen LogP contribution in [-0.4, -0.2) is 33.3 Å². The maximum atomic E-state index is 4.55. The fourth-order valence-corrected chi connectivity index (χ4v) is 4.63. The van der Waals surface area contributed by atoms with E-state index in [-0.39, 0.29) is 0 Å². The predicted octanol–water partition coefficient (Wildman–Crippen LogP) is 2.89. The maximum absolute atomic E-state index is 4.55. The highest BCUT2D eigenvalue weighted by Crippen LogP contribution is 2.40. The second-order valence-electron chi connectivity index (χ2n) is 4.49. The Morgan fingerprint density at radius 2 is 2.00 bits per heavy atom. The summed E-state index contributed by atoms with van der Waals surface area (Å²) in [5, 5.41) is 4.45. The summed E-state index contributed by atoms with van der Waals surface area (Å²) in [5.41, 5.74) is 1.17. The fourth-order valence-electron chi connectivity index (χ4n) is 1.93. The summed E-state index contributed by atoms with van der Waals surface area (Å²) >= 11 is 4.02. The van der Waals surface area contributed by atoms with Gasteiger partial charge in [-0.2, -0.15) is 11.8 Å². The van der Waals surface area contributed by atoms with E-state index < -0.39 is 0 Å². The molecule has 0 spiro atoms. The topological polar surface area (TPSA) is 37.8 Å². The molecule has 0 amide bonds. The average Bonchev–Trinajstić information content (AvgIpc) is 2.41. The van der Waals surface area contributed by atoms with Gasteiger partial charge in [-0.1, -0.05) is 13.8 Å². The highest BCUT2D eigenvalue weighted by Gasteiger charge is 2.26. The molecule has 3 nitrogen and oxygen atoms in total. The van der Waals surface area contributed by atoms with E-state index in [1.165, 1.54) is 17.1 Å². The van der Waals surface area contributed by atoms with Crippen molar-refractivity contribution < 1.29 is 0 Å². The second kappa shape index (κ2) is 7.36. The van der Waals surface area contributed by atoms with E-state index in [0.29, 0.717) is 10.5 Å². The van der Waals surface area contributed by atoms with Gasteiger partial charge in [0.1, 0.15) is 5.82 Å². The summed E-state index contributed by atoms with van der Waals surface area (Å²) < 4.78 is 0. The molecule has 100 valence electrons. The van der Waals surface area contributed by atoms with Gasteiger partial charge in [0.15, 0.2) is 0 Å². The third-order valence-electron chi connectivity index (χ3n) is 2.92. The van der Waals surface area contributed by atoms with Crippen LogP contribution in [0, 0.1) is 0 Å². The van der Waals surface area contributed by atoms with Crippen molar-refractivity contribution in [1.29, 1.82) is 0 Å². The van der Waals surface area contributed by atoms with Crippen LogP contribution < -0.4 is 5.32 Å². The van der Waals surface area contributed by atoms with Crippen LogP contribution in [0.25, 0.3) is 0 Å². The minimum atomic E-state index is 0.460. The van der Waals surface area contributed by atoms with E-state index in [9.17, 15) is 0 Å². The molecule has 1 fully saturated rings. The molecule has 2 unspecified atom stereocenters. The quantitative estimate of drug-likeness (QED) is 0.841. The van der Waals surface area contributed by atoms with Crippen LogP contribution in [0.3, 0.4) is 0 Å². The lowest BCUT2D eigenvalue weighted by Crippen LogP contribution is -2.19. The number of hydrogen-bond donors (Lipinski definition) is 1. The number of nitrogens with one attached hydrogen (secondary N) is 1. The molecular formula is C13H21N3S2. The van der Waals surface area contributed by atoms with Gasteiger partial charge in [0.25, 0.3) is 0 Å². The Bertz CT molecular complexity index is 356. The zero-order valence-corrected chi connectivity index (χ0v) is 12.7. The zero-order valence-electron chi connectivity index (χ0n) is 11.1. The Hall–Kier alpha value is -0.260. The van der Waals surface area contributed by atoms with Crippen LogP contribution >= 0.6 is 23.5 Å². The first-order valence-electron chi connectivity index (χ1n) is 6.56. The SMILES string of the molecule is CCCNCc1cnc(C2SCCSC2C)nc1. The normalized spacial score (nSPS) is 24.1. The molecule has 2 heterocycles. The number of hydrogen-bond acceptors (Lipinski definition) is 5. The van der Waals surface area contributed by atoms with Gasteiger partial charge < -0.3 is 5.32 Å². The van der Waals surface area contributed by atoms with Crippen LogP contribution in [0.2, 0.25) is 0 Å². The van der Waals surface area contributed by atoms with Crippen molar-refractivity contribution >= 4 is 23.5 Å². The van der Waals surface area contributed by atoms with Gasteiger partial charge >= 0.3 is 0 Å². The standard InChI is InChI=1S/C13H21N3S2/c1-3-4-14-7-11-8-15-13(16-9-11)12-10(2)17-5-6-18-12/h8-10,12,14H,3-7H2,1-2H3. The molecule has 0 aromatic carbocycles. The first kappa shape index (κ1) is 14.2. The monoisotopic (exact) mass is 283 g/mol. The summed E-state index contributed by atoms with van der Waals surface area (Å²) in [5.74, 6) is 3.46. The maximum Gasteiger partial charge on any atom is 0.142 e.